The van der Waals surface area contributed by atoms with Gasteiger partial charge in [-0.05, 0) is 60.5 Å². The van der Waals surface area contributed by atoms with Gasteiger partial charge in [-0.3, -0.25) is 4.79 Å². The smallest absolute Gasteiger partial charge is 0.262 e. The molecule has 2 aliphatic rings. The maximum Gasteiger partial charge on any atom is 0.262 e. The summed E-state index contributed by atoms with van der Waals surface area (Å²) in [6, 6.07) is 11.7. The SMILES string of the molecule is CC(C)(C)[Si](C)(C)Oc1cccc2c1OCC(=O)N2.CC(C)(C)[Si](C)(C)Oc1cccc2c1OCCN2. The first-order chi connectivity index (χ1) is 17.0. The zero-order valence-corrected chi connectivity index (χ0v) is 26.1. The van der Waals surface area contributed by atoms with Crippen LogP contribution in [0.3, 0.4) is 0 Å². The summed E-state index contributed by atoms with van der Waals surface area (Å²) in [7, 11) is -3.73. The van der Waals surface area contributed by atoms with Crippen molar-refractivity contribution in [3.05, 3.63) is 36.4 Å². The van der Waals surface area contributed by atoms with Crippen LogP contribution >= 0.6 is 0 Å². The quantitative estimate of drug-likeness (QED) is 0.394. The number of carbonyl (C=O) groups is 1. The highest BCUT2D eigenvalue weighted by Crippen LogP contribution is 2.44. The lowest BCUT2D eigenvalue weighted by molar-refractivity contribution is -0.118. The number of fused-ring (bicyclic) bond motifs is 2. The van der Waals surface area contributed by atoms with Crippen LogP contribution in [0, 0.1) is 0 Å². The third-order valence-electron chi connectivity index (χ3n) is 7.59. The lowest BCUT2D eigenvalue weighted by atomic mass is 10.2. The Morgan fingerprint density at radius 3 is 1.76 bits per heavy atom. The number of amides is 1. The first-order valence-electron chi connectivity index (χ1n) is 13.0. The van der Waals surface area contributed by atoms with Crippen molar-refractivity contribution >= 4 is 33.9 Å². The number of anilines is 2. The van der Waals surface area contributed by atoms with Gasteiger partial charge in [-0.25, -0.2) is 0 Å². The highest BCUT2D eigenvalue weighted by Gasteiger charge is 2.41. The number of hydrogen-bond acceptors (Lipinski definition) is 6. The highest BCUT2D eigenvalue weighted by molar-refractivity contribution is 6.75. The fourth-order valence-electron chi connectivity index (χ4n) is 3.25. The van der Waals surface area contributed by atoms with E-state index in [0.29, 0.717) is 18.0 Å². The van der Waals surface area contributed by atoms with Gasteiger partial charge >= 0.3 is 0 Å². The van der Waals surface area contributed by atoms with Gasteiger partial charge in [0.2, 0.25) is 0 Å². The number of nitrogens with one attached hydrogen (secondary N) is 2. The molecule has 9 heteroatoms. The predicted molar refractivity (Wildman–Crippen MR) is 157 cm³/mol. The van der Waals surface area contributed by atoms with E-state index in [2.05, 4.69) is 78.4 Å². The lowest BCUT2D eigenvalue weighted by Crippen LogP contribution is -2.44. The molecule has 0 fully saturated rings. The number of rotatable bonds is 4. The molecule has 37 heavy (non-hydrogen) atoms. The largest absolute Gasteiger partial charge is 0.541 e. The molecule has 0 radical (unpaired) electrons. The molecule has 0 aliphatic carbocycles. The second-order valence-corrected chi connectivity index (χ2v) is 22.1. The second kappa shape index (κ2) is 10.6. The van der Waals surface area contributed by atoms with Gasteiger partial charge in [-0.1, -0.05) is 53.7 Å². The molecule has 0 aromatic heterocycles. The van der Waals surface area contributed by atoms with Crippen molar-refractivity contribution in [3.8, 4) is 23.0 Å². The summed E-state index contributed by atoms with van der Waals surface area (Å²) in [4.78, 5) is 11.3. The van der Waals surface area contributed by atoms with Gasteiger partial charge in [0.15, 0.2) is 18.1 Å². The van der Waals surface area contributed by atoms with Crippen molar-refractivity contribution in [1.29, 1.82) is 0 Å². The van der Waals surface area contributed by atoms with Crippen molar-refractivity contribution < 1.29 is 23.1 Å². The van der Waals surface area contributed by atoms with E-state index in [9.17, 15) is 4.79 Å². The molecule has 0 unspecified atom stereocenters. The van der Waals surface area contributed by atoms with Crippen LogP contribution in [0.1, 0.15) is 41.5 Å². The molecule has 204 valence electrons. The maximum absolute atomic E-state index is 11.3. The molecule has 0 saturated carbocycles. The maximum atomic E-state index is 11.3. The van der Waals surface area contributed by atoms with E-state index in [0.717, 1.165) is 29.5 Å². The van der Waals surface area contributed by atoms with E-state index >= 15 is 0 Å². The van der Waals surface area contributed by atoms with Crippen LogP contribution in [0.5, 0.6) is 23.0 Å². The topological polar surface area (TPSA) is 78.1 Å². The molecule has 0 atom stereocenters. The summed E-state index contributed by atoms with van der Waals surface area (Å²) in [5.74, 6) is 2.99. The minimum atomic E-state index is -1.91. The van der Waals surface area contributed by atoms with E-state index in [4.69, 9.17) is 18.3 Å². The van der Waals surface area contributed by atoms with Crippen LogP contribution in [-0.4, -0.2) is 42.3 Å². The molecule has 2 N–H and O–H groups in total. The van der Waals surface area contributed by atoms with Crippen LogP contribution in [0.15, 0.2) is 36.4 Å². The van der Waals surface area contributed by atoms with Crippen molar-refractivity contribution in [2.24, 2.45) is 0 Å². The van der Waals surface area contributed by atoms with Gasteiger partial charge in [0.1, 0.15) is 18.1 Å². The molecule has 2 aliphatic heterocycles. The molecule has 4 rings (SSSR count). The van der Waals surface area contributed by atoms with Gasteiger partial charge in [0.25, 0.3) is 22.5 Å². The van der Waals surface area contributed by atoms with E-state index in [1.165, 1.54) is 0 Å². The predicted octanol–water partition coefficient (Wildman–Crippen LogP) is 7.28. The average Bonchev–Trinajstić information content (AvgIpc) is 2.78. The van der Waals surface area contributed by atoms with Gasteiger partial charge in [0, 0.05) is 6.54 Å². The number of benzene rings is 2. The number of para-hydroxylation sites is 2. The van der Waals surface area contributed by atoms with Crippen LogP contribution in [0.25, 0.3) is 0 Å². The Kier molecular flexibility index (Phi) is 8.29. The number of ether oxygens (including phenoxy) is 2. The zero-order valence-electron chi connectivity index (χ0n) is 24.1. The van der Waals surface area contributed by atoms with Gasteiger partial charge < -0.3 is 29.0 Å². The molecule has 2 aromatic carbocycles. The van der Waals surface area contributed by atoms with E-state index in [1.807, 2.05) is 36.4 Å². The summed E-state index contributed by atoms with van der Waals surface area (Å²) >= 11 is 0. The fourth-order valence-corrected chi connectivity index (χ4v) is 5.28. The third kappa shape index (κ3) is 6.81. The van der Waals surface area contributed by atoms with Gasteiger partial charge in [-0.2, -0.15) is 0 Å². The first-order valence-corrected chi connectivity index (χ1v) is 18.8. The molecule has 0 spiro atoms. The second-order valence-electron chi connectivity index (χ2n) is 12.6. The molecule has 1 amide bonds. The Labute approximate surface area is 224 Å². The Morgan fingerprint density at radius 2 is 1.24 bits per heavy atom. The van der Waals surface area contributed by atoms with E-state index in [1.54, 1.807) is 0 Å². The Hall–Kier alpha value is -2.66. The zero-order chi connectivity index (χ0) is 27.6. The summed E-state index contributed by atoms with van der Waals surface area (Å²) < 4.78 is 23.9. The van der Waals surface area contributed by atoms with Crippen molar-refractivity contribution in [3.63, 3.8) is 0 Å². The monoisotopic (exact) mass is 544 g/mol. The molecule has 0 saturated heterocycles. The Balaban J connectivity index is 0.000000206. The summed E-state index contributed by atoms with van der Waals surface area (Å²) in [6.45, 7) is 23.8. The summed E-state index contributed by atoms with van der Waals surface area (Å²) in [5.41, 5.74) is 1.73. The highest BCUT2D eigenvalue weighted by atomic mass is 28.4. The van der Waals surface area contributed by atoms with Crippen LogP contribution in [0.2, 0.25) is 36.3 Å². The van der Waals surface area contributed by atoms with Crippen molar-refractivity contribution in [2.45, 2.75) is 77.8 Å². The van der Waals surface area contributed by atoms with Gasteiger partial charge in [-0.15, -0.1) is 0 Å². The average molecular weight is 545 g/mol. The Morgan fingerprint density at radius 1 is 0.757 bits per heavy atom. The van der Waals surface area contributed by atoms with Gasteiger partial charge in [0.05, 0.1) is 11.4 Å². The number of hydrogen-bond donors (Lipinski definition) is 2. The minimum absolute atomic E-state index is 0.0465. The van der Waals surface area contributed by atoms with E-state index in [-0.39, 0.29) is 22.6 Å². The standard InChI is InChI=1S/C14H21NO3Si.C14H23NO2Si/c1-14(2,3)19(4,5)18-11-8-6-7-10-13(11)17-9-12(16)15-10;1-14(2,3)18(4,5)17-12-8-6-7-11-13(12)16-10-9-15-11/h6-8H,9H2,1-5H3,(H,15,16);6-8,15H,9-10H2,1-5H3. The van der Waals surface area contributed by atoms with Crippen molar-refractivity contribution in [1.82, 2.24) is 0 Å². The summed E-state index contributed by atoms with van der Waals surface area (Å²) in [5, 5.41) is 6.45. The summed E-state index contributed by atoms with van der Waals surface area (Å²) in [6.07, 6.45) is 0. The van der Waals surface area contributed by atoms with E-state index < -0.39 is 16.6 Å². The molecule has 0 bridgehead atoms. The molecular formula is C28H44N2O5Si2. The molecule has 7 nitrogen and oxygen atoms in total. The first kappa shape index (κ1) is 28.9. The normalized spacial score (nSPS) is 15.4. The number of carbonyl (C=O) groups excluding carboxylic acids is 1. The third-order valence-corrected chi connectivity index (χ3v) is 16.3. The minimum Gasteiger partial charge on any atom is -0.541 e. The molecule has 2 heterocycles. The fraction of sp³-hybridized carbons (Fsp3) is 0.536. The van der Waals surface area contributed by atoms with Crippen LogP contribution in [0.4, 0.5) is 11.4 Å². The Bertz CT molecular complexity index is 1120. The lowest BCUT2D eigenvalue weighted by Gasteiger charge is -2.37. The van der Waals surface area contributed by atoms with Crippen LogP contribution in [-0.2, 0) is 4.79 Å². The van der Waals surface area contributed by atoms with Crippen LogP contribution < -0.4 is 29.0 Å². The van der Waals surface area contributed by atoms with Crippen molar-refractivity contribution in [2.75, 3.05) is 30.4 Å². The molecular weight excluding hydrogens is 500 g/mol. The molecule has 2 aromatic rings.